The van der Waals surface area contributed by atoms with E-state index in [9.17, 15) is 9.59 Å². The molecule has 0 spiro atoms. The number of ether oxygens (including phenoxy) is 3. The molecule has 8 nitrogen and oxygen atoms in total. The van der Waals surface area contributed by atoms with Crippen molar-refractivity contribution in [2.45, 2.75) is 31.1 Å². The summed E-state index contributed by atoms with van der Waals surface area (Å²) in [5, 5.41) is 5.61. The van der Waals surface area contributed by atoms with Crippen LogP contribution in [0.2, 0.25) is 0 Å². The van der Waals surface area contributed by atoms with E-state index in [1.54, 1.807) is 14.2 Å². The van der Waals surface area contributed by atoms with Gasteiger partial charge in [-0.05, 0) is 30.5 Å². The van der Waals surface area contributed by atoms with Crippen LogP contribution < -0.4 is 25.0 Å². The molecule has 2 aliphatic rings. The summed E-state index contributed by atoms with van der Waals surface area (Å²) in [5.74, 6) is 0.220. The molecular formula is C22H34N3O5+. The fourth-order valence-electron chi connectivity index (χ4n) is 4.46. The lowest BCUT2D eigenvalue weighted by atomic mass is 9.78. The van der Waals surface area contributed by atoms with Crippen molar-refractivity contribution in [3.63, 3.8) is 0 Å². The van der Waals surface area contributed by atoms with Crippen molar-refractivity contribution in [2.24, 2.45) is 0 Å². The molecule has 8 heteroatoms. The van der Waals surface area contributed by atoms with Gasteiger partial charge in [0, 0.05) is 12.0 Å². The van der Waals surface area contributed by atoms with Crippen LogP contribution in [0.25, 0.3) is 0 Å². The molecule has 0 unspecified atom stereocenters. The highest BCUT2D eigenvalue weighted by Gasteiger charge is 2.37. The highest BCUT2D eigenvalue weighted by Crippen LogP contribution is 2.43. The van der Waals surface area contributed by atoms with Crippen molar-refractivity contribution >= 4 is 11.8 Å². The molecule has 3 N–H and O–H groups in total. The number of nitrogens with one attached hydrogen (secondary N) is 3. The van der Waals surface area contributed by atoms with Gasteiger partial charge in [0.05, 0.1) is 40.5 Å². The standard InChI is InChI=1S/C22H33N3O5/c1-28-18-6-5-17(15-19(18)29-2)22(7-3-4-8-22)16-24-21(27)20(26)23-9-10-25-11-13-30-14-12-25/h5-6,15H,3-4,7-14,16H2,1-2H3,(H,23,26)(H,24,27)/p+1. The highest BCUT2D eigenvalue weighted by atomic mass is 16.5. The van der Waals surface area contributed by atoms with Gasteiger partial charge in [0.25, 0.3) is 0 Å². The monoisotopic (exact) mass is 420 g/mol. The Bertz CT molecular complexity index is 727. The van der Waals surface area contributed by atoms with E-state index in [4.69, 9.17) is 14.2 Å². The summed E-state index contributed by atoms with van der Waals surface area (Å²) in [7, 11) is 3.23. The number of hydrogen-bond donors (Lipinski definition) is 3. The third-order valence-corrected chi connectivity index (χ3v) is 6.31. The van der Waals surface area contributed by atoms with Crippen molar-refractivity contribution in [1.29, 1.82) is 0 Å². The first-order chi connectivity index (χ1) is 14.6. The largest absolute Gasteiger partial charge is 0.493 e. The molecule has 1 aromatic rings. The number of morpholine rings is 1. The van der Waals surface area contributed by atoms with Gasteiger partial charge in [-0.3, -0.25) is 9.59 Å². The summed E-state index contributed by atoms with van der Waals surface area (Å²) in [5.41, 5.74) is 0.919. The molecule has 1 aliphatic carbocycles. The first-order valence-electron chi connectivity index (χ1n) is 10.8. The molecule has 0 atom stereocenters. The van der Waals surface area contributed by atoms with Crippen LogP contribution in [-0.4, -0.2) is 72.0 Å². The van der Waals surface area contributed by atoms with Gasteiger partial charge < -0.3 is 29.7 Å². The van der Waals surface area contributed by atoms with Gasteiger partial charge in [-0.2, -0.15) is 0 Å². The Labute approximate surface area is 178 Å². The first-order valence-corrected chi connectivity index (χ1v) is 10.8. The van der Waals surface area contributed by atoms with E-state index < -0.39 is 11.8 Å². The van der Waals surface area contributed by atoms with Crippen molar-refractivity contribution in [3.8, 4) is 11.5 Å². The Hall–Kier alpha value is -2.32. The second-order valence-electron chi connectivity index (χ2n) is 8.11. The zero-order chi connectivity index (χ0) is 21.4. The average Bonchev–Trinajstić information content (AvgIpc) is 3.27. The topological polar surface area (TPSA) is 90.3 Å². The molecule has 3 rings (SSSR count). The van der Waals surface area contributed by atoms with Gasteiger partial charge in [0.1, 0.15) is 13.1 Å². The molecule has 2 fully saturated rings. The summed E-state index contributed by atoms with van der Waals surface area (Å²) in [4.78, 5) is 26.0. The number of benzene rings is 1. The molecule has 1 aromatic carbocycles. The maximum atomic E-state index is 12.4. The SMILES string of the molecule is COc1ccc(C2(CNC(=O)C(=O)NCC[NH+]3CCOCC3)CCCC2)cc1OC. The lowest BCUT2D eigenvalue weighted by molar-refractivity contribution is -0.906. The third-order valence-electron chi connectivity index (χ3n) is 6.31. The summed E-state index contributed by atoms with van der Waals surface area (Å²) in [6, 6.07) is 5.92. The zero-order valence-corrected chi connectivity index (χ0v) is 18.1. The molecule has 0 bridgehead atoms. The van der Waals surface area contributed by atoms with Crippen molar-refractivity contribution in [1.82, 2.24) is 10.6 Å². The Balaban J connectivity index is 1.55. The first kappa shape index (κ1) is 22.4. The fourth-order valence-corrected chi connectivity index (χ4v) is 4.46. The van der Waals surface area contributed by atoms with E-state index in [0.717, 1.165) is 64.1 Å². The Kier molecular flexibility index (Phi) is 7.93. The minimum absolute atomic E-state index is 0.187. The van der Waals surface area contributed by atoms with Crippen LogP contribution in [-0.2, 0) is 19.7 Å². The maximum absolute atomic E-state index is 12.4. The zero-order valence-electron chi connectivity index (χ0n) is 18.1. The summed E-state index contributed by atoms with van der Waals surface area (Å²) in [6.45, 7) is 5.11. The van der Waals surface area contributed by atoms with Gasteiger partial charge in [-0.25, -0.2) is 0 Å². The number of carbonyl (C=O) groups is 2. The van der Waals surface area contributed by atoms with Crippen molar-refractivity contribution < 1.29 is 28.7 Å². The van der Waals surface area contributed by atoms with Gasteiger partial charge in [0.15, 0.2) is 11.5 Å². The van der Waals surface area contributed by atoms with E-state index in [1.165, 1.54) is 4.90 Å². The smallest absolute Gasteiger partial charge is 0.309 e. The van der Waals surface area contributed by atoms with E-state index in [0.29, 0.717) is 24.6 Å². The summed E-state index contributed by atoms with van der Waals surface area (Å²) in [6.07, 6.45) is 4.12. The predicted molar refractivity (Wildman–Crippen MR) is 112 cm³/mol. The normalized spacial score (nSPS) is 18.6. The quantitative estimate of drug-likeness (QED) is 0.501. The Morgan fingerprint density at radius 3 is 2.37 bits per heavy atom. The van der Waals surface area contributed by atoms with Gasteiger partial charge in [0.2, 0.25) is 0 Å². The molecule has 2 amide bonds. The lowest BCUT2D eigenvalue weighted by Crippen LogP contribution is -3.14. The minimum atomic E-state index is -0.571. The molecule has 1 heterocycles. The number of methoxy groups -OCH3 is 2. The van der Waals surface area contributed by atoms with Crippen LogP contribution in [0.15, 0.2) is 18.2 Å². The number of carbonyl (C=O) groups excluding carboxylic acids is 2. The van der Waals surface area contributed by atoms with Crippen LogP contribution in [0.4, 0.5) is 0 Å². The van der Waals surface area contributed by atoms with Crippen LogP contribution >= 0.6 is 0 Å². The molecule has 0 radical (unpaired) electrons. The minimum Gasteiger partial charge on any atom is -0.493 e. The number of rotatable bonds is 8. The lowest BCUT2D eigenvalue weighted by Gasteiger charge is -2.30. The van der Waals surface area contributed by atoms with Gasteiger partial charge in [-0.1, -0.05) is 18.9 Å². The van der Waals surface area contributed by atoms with E-state index >= 15 is 0 Å². The van der Waals surface area contributed by atoms with Crippen molar-refractivity contribution in [2.75, 3.05) is 60.2 Å². The summed E-state index contributed by atoms with van der Waals surface area (Å²) >= 11 is 0. The van der Waals surface area contributed by atoms with E-state index in [2.05, 4.69) is 10.6 Å². The van der Waals surface area contributed by atoms with E-state index in [-0.39, 0.29) is 5.41 Å². The third kappa shape index (κ3) is 5.43. The molecule has 1 saturated heterocycles. The fraction of sp³-hybridized carbons (Fsp3) is 0.636. The van der Waals surface area contributed by atoms with Gasteiger partial charge >= 0.3 is 11.8 Å². The van der Waals surface area contributed by atoms with Crippen LogP contribution in [0, 0.1) is 0 Å². The van der Waals surface area contributed by atoms with Crippen molar-refractivity contribution in [3.05, 3.63) is 23.8 Å². The van der Waals surface area contributed by atoms with Crippen LogP contribution in [0.5, 0.6) is 11.5 Å². The van der Waals surface area contributed by atoms with Crippen LogP contribution in [0.1, 0.15) is 31.2 Å². The number of hydrogen-bond acceptors (Lipinski definition) is 5. The average molecular weight is 421 g/mol. The molecular weight excluding hydrogens is 386 g/mol. The van der Waals surface area contributed by atoms with E-state index in [1.807, 2.05) is 18.2 Å². The number of amides is 2. The second-order valence-corrected chi connectivity index (χ2v) is 8.11. The molecule has 166 valence electrons. The molecule has 1 saturated carbocycles. The predicted octanol–water partition coefficient (Wildman–Crippen LogP) is -0.337. The van der Waals surface area contributed by atoms with Gasteiger partial charge in [-0.15, -0.1) is 0 Å². The maximum Gasteiger partial charge on any atom is 0.309 e. The highest BCUT2D eigenvalue weighted by molar-refractivity contribution is 6.35. The Morgan fingerprint density at radius 2 is 1.70 bits per heavy atom. The summed E-state index contributed by atoms with van der Waals surface area (Å²) < 4.78 is 16.1. The Morgan fingerprint density at radius 1 is 1.03 bits per heavy atom. The van der Waals surface area contributed by atoms with Crippen LogP contribution in [0.3, 0.4) is 0 Å². The molecule has 1 aliphatic heterocycles. The second kappa shape index (κ2) is 10.6. The number of quaternary nitrogens is 1. The molecule has 0 aromatic heterocycles. The molecule has 30 heavy (non-hydrogen) atoms.